The van der Waals surface area contributed by atoms with E-state index in [0.717, 1.165) is 24.5 Å². The van der Waals surface area contributed by atoms with Gasteiger partial charge in [0.25, 0.3) is 0 Å². The lowest BCUT2D eigenvalue weighted by atomic mass is 9.72. The average molecular weight is 268 g/mol. The van der Waals surface area contributed by atoms with E-state index in [0.29, 0.717) is 16.7 Å². The van der Waals surface area contributed by atoms with Gasteiger partial charge in [0, 0.05) is 0 Å². The smallest absolute Gasteiger partial charge is 0.138 e. The molecule has 1 aromatic rings. The number of hydrogen-bond donors (Lipinski definition) is 0. The molecule has 3 heteroatoms. The van der Waals surface area contributed by atoms with Gasteiger partial charge in [0.1, 0.15) is 10.9 Å². The van der Waals surface area contributed by atoms with E-state index < -0.39 is 0 Å². The Morgan fingerprint density at radius 1 is 1.17 bits per heavy atom. The first-order valence-electron chi connectivity index (χ1n) is 6.73. The Balaban J connectivity index is 1.85. The summed E-state index contributed by atoms with van der Waals surface area (Å²) >= 11 is 5.76. The van der Waals surface area contributed by atoms with Crippen molar-refractivity contribution in [2.24, 2.45) is 11.3 Å². The van der Waals surface area contributed by atoms with Crippen molar-refractivity contribution < 1.29 is 4.74 Å². The number of hydrogen-bond acceptors (Lipinski definition) is 2. The van der Waals surface area contributed by atoms with Crippen molar-refractivity contribution in [3.8, 4) is 5.75 Å². The molecule has 1 aromatic heterocycles. The van der Waals surface area contributed by atoms with E-state index in [1.807, 2.05) is 6.07 Å². The molecule has 1 heterocycles. The lowest BCUT2D eigenvalue weighted by Gasteiger charge is -2.36. The first-order valence-corrected chi connectivity index (χ1v) is 7.11. The standard InChI is InChI=1S/C15H22ClNO/c1-15(2,3)11-4-6-12(7-5-11)18-13-8-9-14(16)17-10-13/h8-12H,4-7H2,1-3H3. The molecule has 0 unspecified atom stereocenters. The van der Waals surface area contributed by atoms with E-state index in [1.165, 1.54) is 12.8 Å². The van der Waals surface area contributed by atoms with Gasteiger partial charge in [-0.3, -0.25) is 0 Å². The Morgan fingerprint density at radius 2 is 1.83 bits per heavy atom. The summed E-state index contributed by atoms with van der Waals surface area (Å²) in [6.45, 7) is 7.01. The molecule has 1 fully saturated rings. The lowest BCUT2D eigenvalue weighted by Crippen LogP contribution is -2.30. The second-order valence-corrected chi connectivity index (χ2v) is 6.66. The number of nitrogens with zero attached hydrogens (tertiary/aromatic N) is 1. The van der Waals surface area contributed by atoms with Gasteiger partial charge >= 0.3 is 0 Å². The van der Waals surface area contributed by atoms with E-state index in [9.17, 15) is 0 Å². The third kappa shape index (κ3) is 3.61. The summed E-state index contributed by atoms with van der Waals surface area (Å²) < 4.78 is 5.95. The van der Waals surface area contributed by atoms with Crippen molar-refractivity contribution in [1.29, 1.82) is 0 Å². The van der Waals surface area contributed by atoms with E-state index in [2.05, 4.69) is 25.8 Å². The van der Waals surface area contributed by atoms with Crippen molar-refractivity contribution in [3.05, 3.63) is 23.5 Å². The molecule has 2 rings (SSSR count). The summed E-state index contributed by atoms with van der Waals surface area (Å²) in [4.78, 5) is 4.04. The largest absolute Gasteiger partial charge is 0.489 e. The minimum Gasteiger partial charge on any atom is -0.489 e. The maximum absolute atomic E-state index is 5.95. The molecule has 0 atom stereocenters. The molecular weight excluding hydrogens is 246 g/mol. The van der Waals surface area contributed by atoms with E-state index in [1.54, 1.807) is 12.3 Å². The Morgan fingerprint density at radius 3 is 2.33 bits per heavy atom. The quantitative estimate of drug-likeness (QED) is 0.724. The fraction of sp³-hybridized carbons (Fsp3) is 0.667. The van der Waals surface area contributed by atoms with Gasteiger partial charge in [-0.15, -0.1) is 0 Å². The molecule has 0 bridgehead atoms. The minimum atomic E-state index is 0.339. The minimum absolute atomic E-state index is 0.339. The van der Waals surface area contributed by atoms with Gasteiger partial charge in [-0.25, -0.2) is 4.98 Å². The molecule has 0 radical (unpaired) electrons. The number of rotatable bonds is 2. The molecule has 1 aliphatic carbocycles. The van der Waals surface area contributed by atoms with Gasteiger partial charge in [0.05, 0.1) is 12.3 Å². The summed E-state index contributed by atoms with van der Waals surface area (Å²) in [5.41, 5.74) is 0.423. The maximum atomic E-state index is 5.95. The van der Waals surface area contributed by atoms with Crippen LogP contribution in [0.2, 0.25) is 5.15 Å². The van der Waals surface area contributed by atoms with E-state index in [4.69, 9.17) is 16.3 Å². The van der Waals surface area contributed by atoms with Crippen LogP contribution in [-0.2, 0) is 0 Å². The van der Waals surface area contributed by atoms with Crippen molar-refractivity contribution in [1.82, 2.24) is 4.98 Å². The van der Waals surface area contributed by atoms with E-state index >= 15 is 0 Å². The topological polar surface area (TPSA) is 22.1 Å². The zero-order valence-corrected chi connectivity index (χ0v) is 12.2. The van der Waals surface area contributed by atoms with Crippen LogP contribution in [0.4, 0.5) is 0 Å². The summed E-state index contributed by atoms with van der Waals surface area (Å²) in [6, 6.07) is 3.67. The molecule has 1 aliphatic rings. The summed E-state index contributed by atoms with van der Waals surface area (Å²) in [7, 11) is 0. The van der Waals surface area contributed by atoms with Gasteiger partial charge < -0.3 is 4.74 Å². The van der Waals surface area contributed by atoms with Gasteiger partial charge in [-0.05, 0) is 49.1 Å². The third-order valence-electron chi connectivity index (χ3n) is 3.90. The highest BCUT2D eigenvalue weighted by Crippen LogP contribution is 2.38. The maximum Gasteiger partial charge on any atom is 0.138 e. The molecule has 2 nitrogen and oxygen atoms in total. The predicted molar refractivity (Wildman–Crippen MR) is 75.1 cm³/mol. The van der Waals surface area contributed by atoms with Crippen LogP contribution in [-0.4, -0.2) is 11.1 Å². The van der Waals surface area contributed by atoms with Crippen molar-refractivity contribution in [2.45, 2.75) is 52.6 Å². The molecule has 0 amide bonds. The summed E-state index contributed by atoms with van der Waals surface area (Å²) in [6.07, 6.45) is 6.85. The second-order valence-electron chi connectivity index (χ2n) is 6.27. The Hall–Kier alpha value is -0.760. The Labute approximate surface area is 115 Å². The molecular formula is C15H22ClNO. The van der Waals surface area contributed by atoms with Crippen LogP contribution in [0.1, 0.15) is 46.5 Å². The van der Waals surface area contributed by atoms with Gasteiger partial charge in [-0.1, -0.05) is 32.4 Å². The van der Waals surface area contributed by atoms with Crippen molar-refractivity contribution >= 4 is 11.6 Å². The fourth-order valence-electron chi connectivity index (χ4n) is 2.67. The molecule has 18 heavy (non-hydrogen) atoms. The summed E-state index contributed by atoms with van der Waals surface area (Å²) in [5, 5.41) is 0.513. The van der Waals surface area contributed by atoms with Crippen LogP contribution in [0.5, 0.6) is 5.75 Å². The van der Waals surface area contributed by atoms with Crippen LogP contribution in [0, 0.1) is 11.3 Å². The van der Waals surface area contributed by atoms with Gasteiger partial charge in [0.2, 0.25) is 0 Å². The molecule has 0 spiro atoms. The summed E-state index contributed by atoms with van der Waals surface area (Å²) in [5.74, 6) is 1.65. The zero-order valence-electron chi connectivity index (χ0n) is 11.4. The number of ether oxygens (including phenoxy) is 1. The molecule has 0 saturated heterocycles. The molecule has 0 aromatic carbocycles. The normalized spacial score (nSPS) is 24.9. The highest BCUT2D eigenvalue weighted by atomic mass is 35.5. The van der Waals surface area contributed by atoms with E-state index in [-0.39, 0.29) is 0 Å². The average Bonchev–Trinajstić information content (AvgIpc) is 2.32. The van der Waals surface area contributed by atoms with Crippen LogP contribution < -0.4 is 4.74 Å². The fourth-order valence-corrected chi connectivity index (χ4v) is 2.78. The van der Waals surface area contributed by atoms with Crippen LogP contribution >= 0.6 is 11.6 Å². The Kier molecular flexibility index (Phi) is 4.16. The van der Waals surface area contributed by atoms with Gasteiger partial charge in [0.15, 0.2) is 0 Å². The van der Waals surface area contributed by atoms with Crippen LogP contribution in [0.25, 0.3) is 0 Å². The van der Waals surface area contributed by atoms with Crippen molar-refractivity contribution in [3.63, 3.8) is 0 Å². The highest BCUT2D eigenvalue weighted by Gasteiger charge is 2.30. The molecule has 100 valence electrons. The number of aromatic nitrogens is 1. The zero-order chi connectivity index (χ0) is 13.2. The van der Waals surface area contributed by atoms with Crippen LogP contribution in [0.3, 0.4) is 0 Å². The first-order chi connectivity index (χ1) is 8.45. The van der Waals surface area contributed by atoms with Gasteiger partial charge in [-0.2, -0.15) is 0 Å². The van der Waals surface area contributed by atoms with Crippen LogP contribution in [0.15, 0.2) is 18.3 Å². The number of pyridine rings is 1. The molecule has 0 aliphatic heterocycles. The highest BCUT2D eigenvalue weighted by molar-refractivity contribution is 6.29. The predicted octanol–water partition coefficient (Wildman–Crippen LogP) is 4.72. The monoisotopic (exact) mass is 267 g/mol. The lowest BCUT2D eigenvalue weighted by molar-refractivity contribution is 0.0880. The number of halogens is 1. The Bertz CT molecular complexity index is 374. The molecule has 1 saturated carbocycles. The third-order valence-corrected chi connectivity index (χ3v) is 4.13. The SMILES string of the molecule is CC(C)(C)C1CCC(Oc2ccc(Cl)nc2)CC1. The second kappa shape index (κ2) is 5.48. The van der Waals surface area contributed by atoms with Crippen molar-refractivity contribution in [2.75, 3.05) is 0 Å². The first kappa shape index (κ1) is 13.7. The molecule has 0 N–H and O–H groups in total.